The maximum absolute atomic E-state index is 11.8. The molecule has 4 rings (SSSR count). The second kappa shape index (κ2) is 5.81. The van der Waals surface area contributed by atoms with E-state index in [2.05, 4.69) is 24.3 Å². The Kier molecular flexibility index (Phi) is 3.62. The topological polar surface area (TPSA) is 26.3 Å². The van der Waals surface area contributed by atoms with Crippen LogP contribution in [-0.2, 0) is 0 Å². The van der Waals surface area contributed by atoms with Crippen LogP contribution in [0, 0.1) is 0 Å². The number of hydrogen-bond acceptors (Lipinski definition) is 2. The lowest BCUT2D eigenvalue weighted by Crippen LogP contribution is -2.05. The SMILES string of the molecule is COc1c(C(=O)Cl)cccc1C1c2ccccc2-c2ccccc21. The molecule has 0 aliphatic heterocycles. The highest BCUT2D eigenvalue weighted by Crippen LogP contribution is 2.50. The third-order valence-electron chi connectivity index (χ3n) is 4.61. The minimum absolute atomic E-state index is 0.0308. The quantitative estimate of drug-likeness (QED) is 0.479. The fraction of sp³-hybridized carbons (Fsp3) is 0.0952. The third-order valence-corrected chi connectivity index (χ3v) is 4.81. The predicted octanol–water partition coefficient (Wildman–Crippen LogP) is 5.23. The second-order valence-corrected chi connectivity index (χ2v) is 6.15. The average Bonchev–Trinajstić information content (AvgIpc) is 2.95. The summed E-state index contributed by atoms with van der Waals surface area (Å²) in [5.41, 5.74) is 6.25. The van der Waals surface area contributed by atoms with Crippen molar-refractivity contribution in [2.75, 3.05) is 7.11 Å². The number of fused-ring (bicyclic) bond motifs is 3. The van der Waals surface area contributed by atoms with Gasteiger partial charge in [0, 0.05) is 11.5 Å². The standard InChI is InChI=1S/C21H15ClO2/c1-24-20-17(11-6-12-18(20)21(22)23)19-15-9-4-2-7-13(15)14-8-3-5-10-16(14)19/h2-12,19H,1H3. The molecular weight excluding hydrogens is 320 g/mol. The van der Waals surface area contributed by atoms with Crippen LogP contribution in [0.3, 0.4) is 0 Å². The zero-order chi connectivity index (χ0) is 16.7. The fourth-order valence-corrected chi connectivity index (χ4v) is 3.80. The Labute approximate surface area is 145 Å². The van der Waals surface area contributed by atoms with Crippen molar-refractivity contribution in [2.24, 2.45) is 0 Å². The van der Waals surface area contributed by atoms with Crippen LogP contribution < -0.4 is 4.74 Å². The lowest BCUT2D eigenvalue weighted by molar-refractivity contribution is 0.107. The summed E-state index contributed by atoms with van der Waals surface area (Å²) >= 11 is 5.75. The van der Waals surface area contributed by atoms with Crippen LogP contribution in [0.25, 0.3) is 11.1 Å². The molecule has 3 aromatic rings. The molecule has 0 bridgehead atoms. The molecule has 0 saturated carbocycles. The first-order chi connectivity index (χ1) is 11.7. The summed E-state index contributed by atoms with van der Waals surface area (Å²) < 4.78 is 5.57. The van der Waals surface area contributed by atoms with Crippen molar-refractivity contribution in [3.63, 3.8) is 0 Å². The molecule has 1 aliphatic carbocycles. The van der Waals surface area contributed by atoms with E-state index >= 15 is 0 Å². The number of rotatable bonds is 3. The van der Waals surface area contributed by atoms with E-state index in [0.717, 1.165) is 5.56 Å². The second-order valence-electron chi connectivity index (χ2n) is 5.81. The van der Waals surface area contributed by atoms with Gasteiger partial charge < -0.3 is 4.74 Å². The number of ether oxygens (including phenoxy) is 1. The highest BCUT2D eigenvalue weighted by Gasteiger charge is 2.32. The first-order valence-corrected chi connectivity index (χ1v) is 8.15. The van der Waals surface area contributed by atoms with E-state index in [1.165, 1.54) is 22.3 Å². The average molecular weight is 335 g/mol. The summed E-state index contributed by atoms with van der Waals surface area (Å²) in [4.78, 5) is 11.8. The van der Waals surface area contributed by atoms with Crippen LogP contribution in [0.15, 0.2) is 66.7 Å². The van der Waals surface area contributed by atoms with E-state index in [1.807, 2.05) is 36.4 Å². The molecule has 0 saturated heterocycles. The van der Waals surface area contributed by atoms with Crippen molar-refractivity contribution in [1.29, 1.82) is 0 Å². The van der Waals surface area contributed by atoms with Crippen LogP contribution >= 0.6 is 11.6 Å². The van der Waals surface area contributed by atoms with Gasteiger partial charge in [-0.1, -0.05) is 60.7 Å². The fourth-order valence-electron chi connectivity index (χ4n) is 3.66. The highest BCUT2D eigenvalue weighted by molar-refractivity contribution is 6.68. The monoisotopic (exact) mass is 334 g/mol. The van der Waals surface area contributed by atoms with Crippen molar-refractivity contribution in [3.05, 3.63) is 89.0 Å². The number of carbonyl (C=O) groups is 1. The minimum atomic E-state index is -0.506. The van der Waals surface area contributed by atoms with Crippen molar-refractivity contribution in [3.8, 4) is 16.9 Å². The van der Waals surface area contributed by atoms with Gasteiger partial charge in [-0.25, -0.2) is 0 Å². The maximum atomic E-state index is 11.8. The molecule has 0 fully saturated rings. The van der Waals surface area contributed by atoms with Gasteiger partial charge in [0.1, 0.15) is 5.75 Å². The molecule has 1 aliphatic rings. The molecule has 3 aromatic carbocycles. The van der Waals surface area contributed by atoms with Gasteiger partial charge >= 0.3 is 0 Å². The number of carbonyl (C=O) groups excluding carboxylic acids is 1. The Hall–Kier alpha value is -2.58. The van der Waals surface area contributed by atoms with Crippen molar-refractivity contribution in [2.45, 2.75) is 5.92 Å². The molecule has 2 nitrogen and oxygen atoms in total. The summed E-state index contributed by atoms with van der Waals surface area (Å²) in [6.07, 6.45) is 0. The van der Waals surface area contributed by atoms with Crippen LogP contribution in [-0.4, -0.2) is 12.4 Å². The molecule has 0 amide bonds. The van der Waals surface area contributed by atoms with Crippen LogP contribution in [0.4, 0.5) is 0 Å². The summed E-state index contributed by atoms with van der Waals surface area (Å²) in [5, 5.41) is -0.506. The Bertz CT molecular complexity index is 901. The molecule has 3 heteroatoms. The van der Waals surface area contributed by atoms with Gasteiger partial charge in [-0.05, 0) is 39.9 Å². The van der Waals surface area contributed by atoms with Crippen molar-refractivity contribution < 1.29 is 9.53 Å². The van der Waals surface area contributed by atoms with Gasteiger partial charge in [-0.15, -0.1) is 0 Å². The first-order valence-electron chi connectivity index (χ1n) is 7.77. The van der Waals surface area contributed by atoms with Crippen molar-refractivity contribution in [1.82, 2.24) is 0 Å². The summed E-state index contributed by atoms with van der Waals surface area (Å²) in [5.74, 6) is 0.581. The summed E-state index contributed by atoms with van der Waals surface area (Å²) in [7, 11) is 1.58. The zero-order valence-electron chi connectivity index (χ0n) is 13.1. The summed E-state index contributed by atoms with van der Waals surface area (Å²) in [6, 6.07) is 22.3. The number of methoxy groups -OCH3 is 1. The largest absolute Gasteiger partial charge is 0.496 e. The Balaban J connectivity index is 2.01. The van der Waals surface area contributed by atoms with Gasteiger partial charge in [-0.3, -0.25) is 4.79 Å². The van der Waals surface area contributed by atoms with E-state index in [9.17, 15) is 4.79 Å². The molecule has 0 N–H and O–H groups in total. The lowest BCUT2D eigenvalue weighted by atomic mass is 9.87. The van der Waals surface area contributed by atoms with Crippen molar-refractivity contribution >= 4 is 16.8 Å². The van der Waals surface area contributed by atoms with E-state index in [0.29, 0.717) is 11.3 Å². The number of benzene rings is 3. The Morgan fingerprint density at radius 3 is 1.92 bits per heavy atom. The minimum Gasteiger partial charge on any atom is -0.496 e. The summed E-state index contributed by atoms with van der Waals surface area (Å²) in [6.45, 7) is 0. The molecule has 0 spiro atoms. The predicted molar refractivity (Wildman–Crippen MR) is 96.0 cm³/mol. The normalized spacial score (nSPS) is 12.6. The number of halogens is 1. The van der Waals surface area contributed by atoms with Gasteiger partial charge in [0.15, 0.2) is 0 Å². The maximum Gasteiger partial charge on any atom is 0.256 e. The van der Waals surface area contributed by atoms with Gasteiger partial charge in [-0.2, -0.15) is 0 Å². The Morgan fingerprint density at radius 1 is 0.833 bits per heavy atom. The van der Waals surface area contributed by atoms with E-state index in [-0.39, 0.29) is 5.92 Å². The van der Waals surface area contributed by atoms with Gasteiger partial charge in [0.2, 0.25) is 0 Å². The van der Waals surface area contributed by atoms with Gasteiger partial charge in [0.05, 0.1) is 12.7 Å². The molecule has 0 atom stereocenters. The van der Waals surface area contributed by atoms with Crippen LogP contribution in [0.1, 0.15) is 33.0 Å². The number of para-hydroxylation sites is 1. The Morgan fingerprint density at radius 2 is 1.38 bits per heavy atom. The zero-order valence-corrected chi connectivity index (χ0v) is 13.9. The molecule has 0 unspecified atom stereocenters. The van der Waals surface area contributed by atoms with E-state index in [1.54, 1.807) is 13.2 Å². The third kappa shape index (κ3) is 2.15. The van der Waals surface area contributed by atoms with Crippen LogP contribution in [0.2, 0.25) is 0 Å². The van der Waals surface area contributed by atoms with E-state index in [4.69, 9.17) is 16.3 Å². The number of hydrogen-bond donors (Lipinski definition) is 0. The van der Waals surface area contributed by atoms with Gasteiger partial charge in [0.25, 0.3) is 5.24 Å². The van der Waals surface area contributed by atoms with Crippen LogP contribution in [0.5, 0.6) is 5.75 Å². The molecule has 24 heavy (non-hydrogen) atoms. The van der Waals surface area contributed by atoms with E-state index < -0.39 is 5.24 Å². The molecule has 0 radical (unpaired) electrons. The first kappa shape index (κ1) is 15.0. The highest BCUT2D eigenvalue weighted by atomic mass is 35.5. The smallest absolute Gasteiger partial charge is 0.256 e. The molecular formula is C21H15ClO2. The molecule has 118 valence electrons. The molecule has 0 heterocycles. The molecule has 0 aromatic heterocycles. The lowest BCUT2D eigenvalue weighted by Gasteiger charge is -2.19.